The summed E-state index contributed by atoms with van der Waals surface area (Å²) in [5.74, 6) is 6.03. The minimum atomic E-state index is -3.37. The first kappa shape index (κ1) is 80.7. The number of sulfone groups is 1. The fourth-order valence-corrected chi connectivity index (χ4v) is 11.0. The summed E-state index contributed by atoms with van der Waals surface area (Å²) in [6.07, 6.45) is 0. The third-order valence-corrected chi connectivity index (χ3v) is 16.8. The minimum Gasteiger partial charge on any atom is -0.508 e. The van der Waals surface area contributed by atoms with Crippen molar-refractivity contribution in [2.75, 3.05) is 7.11 Å². The molecule has 2 aromatic heterocycles. The standard InChI is InChI=1S/C26H22O3.C21H18N2O2.C14H14O2S.C12H10O2.C7H6N2O.3CH4.2OS/c1-19-3-9-23(10-4-19)28-25-15-17-26(18-16-25)29-24-13-7-21(8-14-24)20-5-11-22(27-2)12-6-20;1-15-7-11-17(12-8-15)25-18-13-9-16(10-14-18)23-20-6-4-3-5-19(20)22(2)21(23)24;1-11-3-7-13(8-4-11)17(15,16)14-9-5-12(2)6-10-14;13-11-5-1-9(2-6-11)10-3-7-12(14)8-4-10;10-7-8-5-3-1-2-4-6(5)9-7;;;;2*1-2/h3-18H,1-2H3;3-14H,1-2H3;3-10H,1-2H3;1-8,13-14H;1-4H,(H2,8,9,10);3*1H4;;. The topological polar surface area (TPSA) is 221 Å². The molecule has 0 aliphatic rings. The molecule has 0 aliphatic carbocycles. The van der Waals surface area contributed by atoms with E-state index in [1.165, 1.54) is 11.1 Å². The number of H-pyrrole nitrogens is 2. The van der Waals surface area contributed by atoms with Crippen molar-refractivity contribution >= 4 is 57.0 Å². The molecule has 0 bridgehead atoms. The molecule has 16 nitrogen and oxygen atoms in total. The van der Waals surface area contributed by atoms with E-state index in [-0.39, 0.29) is 45.2 Å². The van der Waals surface area contributed by atoms with Crippen LogP contribution in [-0.2, 0) is 42.0 Å². The van der Waals surface area contributed by atoms with Crippen molar-refractivity contribution in [1.82, 2.24) is 19.1 Å². The Bertz CT molecular complexity index is 4940. The molecule has 0 unspecified atom stereocenters. The summed E-state index contributed by atoms with van der Waals surface area (Å²) < 4.78 is 66.4. The Labute approximate surface area is 606 Å². The van der Waals surface area contributed by atoms with E-state index in [2.05, 4.69) is 42.0 Å². The van der Waals surface area contributed by atoms with Gasteiger partial charge in [-0.1, -0.05) is 166 Å². The summed E-state index contributed by atoms with van der Waals surface area (Å²) in [6, 6.07) is 90.1. The van der Waals surface area contributed by atoms with E-state index >= 15 is 0 Å². The Hall–Kier alpha value is -12.0. The van der Waals surface area contributed by atoms with Crippen molar-refractivity contribution < 1.29 is 46.0 Å². The Kier molecular flexibility index (Phi) is 31.3. The molecule has 0 amide bonds. The molecule has 2 heterocycles. The van der Waals surface area contributed by atoms with Crippen molar-refractivity contribution in [2.45, 2.75) is 59.8 Å². The third kappa shape index (κ3) is 22.5. The molecule has 0 spiro atoms. The maximum atomic E-state index is 12.6. The summed E-state index contributed by atoms with van der Waals surface area (Å²) in [5.41, 5.74) is 12.9. The number of fused-ring (bicyclic) bond motifs is 2. The van der Waals surface area contributed by atoms with E-state index < -0.39 is 9.84 Å². The van der Waals surface area contributed by atoms with Gasteiger partial charge in [0.2, 0.25) is 9.84 Å². The SMILES string of the molecule is C.C.C.COc1ccc(-c2ccc(Oc3ccc(Oc4ccc(C)cc4)cc3)cc2)cc1.Cc1ccc(Oc2ccc(-n3c(=O)n(C)c4ccccc43)cc2)cc1.Cc1ccc(S(=O)(=O)c2ccc(C)cc2)cc1.O=S.O=S.O=c1[nH]c2ccccc2[nH]1.Oc1ccc(-c2ccc(O)cc2)cc1. The number of rotatable bonds is 12. The number of phenols is 2. The molecule has 524 valence electrons. The van der Waals surface area contributed by atoms with Crippen molar-refractivity contribution in [3.05, 3.63) is 334 Å². The first-order valence-corrected chi connectivity index (χ1v) is 32.9. The van der Waals surface area contributed by atoms with Crippen LogP contribution >= 0.6 is 0 Å². The van der Waals surface area contributed by atoms with Crippen LogP contribution in [0, 0.1) is 27.7 Å². The summed E-state index contributed by atoms with van der Waals surface area (Å²) >= 11 is 5.67. The van der Waals surface area contributed by atoms with Gasteiger partial charge < -0.3 is 39.1 Å². The number of hydrogen-bond donors (Lipinski definition) is 4. The Balaban J connectivity index is 0.000000234. The molecule has 12 aromatic carbocycles. The number of imidazole rings is 2. The molecule has 0 saturated carbocycles. The zero-order chi connectivity index (χ0) is 70.8. The number of nitrogens with zero attached hydrogens (tertiary/aromatic N) is 2. The smallest absolute Gasteiger partial charge is 0.333 e. The molecule has 14 aromatic rings. The summed E-state index contributed by atoms with van der Waals surface area (Å²) in [6.45, 7) is 7.96. The normalized spacial score (nSPS) is 10.0. The van der Waals surface area contributed by atoms with Gasteiger partial charge in [-0.25, -0.2) is 18.0 Å². The van der Waals surface area contributed by atoms with Crippen LogP contribution in [0.1, 0.15) is 44.5 Å². The second-order valence-electron chi connectivity index (χ2n) is 22.2. The average Bonchev–Trinajstić information content (AvgIpc) is 1.60. The summed E-state index contributed by atoms with van der Waals surface area (Å²) in [7, 11) is 0.0842. The number of para-hydroxylation sites is 4. The van der Waals surface area contributed by atoms with Gasteiger partial charge in [-0.05, 0) is 220 Å². The molecule has 0 radical (unpaired) electrons. The zero-order valence-corrected chi connectivity index (χ0v) is 57.3. The lowest BCUT2D eigenvalue weighted by molar-refractivity contribution is 0.415. The van der Waals surface area contributed by atoms with Gasteiger partial charge in [0.1, 0.15) is 51.7 Å². The number of aromatic nitrogens is 4. The van der Waals surface area contributed by atoms with Gasteiger partial charge in [-0.15, -0.1) is 0 Å². The van der Waals surface area contributed by atoms with E-state index in [4.69, 9.17) is 37.6 Å². The van der Waals surface area contributed by atoms with Gasteiger partial charge in [0.25, 0.3) is 0 Å². The van der Waals surface area contributed by atoms with Crippen LogP contribution in [0.25, 0.3) is 50.0 Å². The Morgan fingerprint density at radius 2 is 0.618 bits per heavy atom. The van der Waals surface area contributed by atoms with E-state index in [0.717, 1.165) is 101 Å². The quantitative estimate of drug-likeness (QED) is 0.0894. The molecular formula is C83H82N4O12S3. The second-order valence-corrected chi connectivity index (χ2v) is 24.1. The molecule has 0 aliphatic heterocycles. The molecule has 0 saturated heterocycles. The number of phenolic OH excluding ortho intramolecular Hbond substituents is 2. The van der Waals surface area contributed by atoms with Crippen LogP contribution in [0.15, 0.2) is 311 Å². The lowest BCUT2D eigenvalue weighted by Gasteiger charge is -2.09. The van der Waals surface area contributed by atoms with Crippen LogP contribution in [-0.4, -0.2) is 53.3 Å². The monoisotopic (exact) mass is 1420 g/mol. The van der Waals surface area contributed by atoms with Crippen LogP contribution in [0.2, 0.25) is 0 Å². The highest BCUT2D eigenvalue weighted by Crippen LogP contribution is 2.31. The van der Waals surface area contributed by atoms with Gasteiger partial charge in [0.05, 0.1) is 44.7 Å². The number of aromatic hydroxyl groups is 2. The molecular weight excluding hydrogens is 1340 g/mol. The third-order valence-electron chi connectivity index (χ3n) is 15.1. The predicted molar refractivity (Wildman–Crippen MR) is 414 cm³/mol. The van der Waals surface area contributed by atoms with Gasteiger partial charge in [-0.3, -0.25) is 9.13 Å². The van der Waals surface area contributed by atoms with Gasteiger partial charge >= 0.3 is 11.4 Å². The van der Waals surface area contributed by atoms with Gasteiger partial charge in [-0.2, -0.15) is 8.42 Å². The molecule has 19 heteroatoms. The van der Waals surface area contributed by atoms with E-state index in [0.29, 0.717) is 9.79 Å². The van der Waals surface area contributed by atoms with E-state index in [9.17, 15) is 18.0 Å². The van der Waals surface area contributed by atoms with Crippen LogP contribution in [0.4, 0.5) is 0 Å². The highest BCUT2D eigenvalue weighted by Gasteiger charge is 2.17. The van der Waals surface area contributed by atoms with E-state index in [1.807, 2.05) is 239 Å². The molecule has 102 heavy (non-hydrogen) atoms. The lowest BCUT2D eigenvalue weighted by Crippen LogP contribution is -2.20. The van der Waals surface area contributed by atoms with Gasteiger partial charge in [0.15, 0.2) is 25.1 Å². The average molecular weight is 1420 g/mol. The first-order valence-electron chi connectivity index (χ1n) is 30.7. The first-order chi connectivity index (χ1) is 47.9. The highest BCUT2D eigenvalue weighted by molar-refractivity contribution is 7.91. The Morgan fingerprint density at radius 1 is 0.353 bits per heavy atom. The maximum absolute atomic E-state index is 12.6. The van der Waals surface area contributed by atoms with Crippen LogP contribution < -0.4 is 30.3 Å². The second kappa shape index (κ2) is 39.5. The molecule has 4 N–H and O–H groups in total. The number of ether oxygens (including phenoxy) is 4. The van der Waals surface area contributed by atoms with Crippen molar-refractivity contribution in [1.29, 1.82) is 0 Å². The van der Waals surface area contributed by atoms with Crippen molar-refractivity contribution in [2.24, 2.45) is 7.05 Å². The summed E-state index contributed by atoms with van der Waals surface area (Å²) in [4.78, 5) is 29.2. The molecule has 0 atom stereocenters. The van der Waals surface area contributed by atoms with Crippen molar-refractivity contribution in [3.8, 4) is 79.7 Å². The number of methoxy groups -OCH3 is 1. The van der Waals surface area contributed by atoms with Crippen LogP contribution in [0.5, 0.6) is 51.7 Å². The fourth-order valence-electron chi connectivity index (χ4n) is 9.76. The number of hydrogen-bond acceptors (Lipinski definition) is 14. The predicted octanol–water partition coefficient (Wildman–Crippen LogP) is 19.7. The summed E-state index contributed by atoms with van der Waals surface area (Å²) in [5, 5.41) is 18.2. The number of benzene rings is 12. The molecule has 14 rings (SSSR count). The lowest BCUT2D eigenvalue weighted by atomic mass is 10.1. The number of aromatic amines is 2. The molecule has 0 fully saturated rings. The van der Waals surface area contributed by atoms with E-state index in [1.54, 1.807) is 96.1 Å². The van der Waals surface area contributed by atoms with Gasteiger partial charge in [0, 0.05) is 7.05 Å². The zero-order valence-electron chi connectivity index (χ0n) is 54.8. The van der Waals surface area contributed by atoms with Crippen molar-refractivity contribution in [3.63, 3.8) is 0 Å². The Morgan fingerprint density at radius 3 is 0.951 bits per heavy atom. The van der Waals surface area contributed by atoms with Crippen LogP contribution in [0.3, 0.4) is 0 Å². The minimum absolute atomic E-state index is 0. The highest BCUT2D eigenvalue weighted by atomic mass is 32.2. The maximum Gasteiger partial charge on any atom is 0.333 e. The number of nitrogens with one attached hydrogen (secondary N) is 2. The number of aryl methyl sites for hydroxylation is 5. The largest absolute Gasteiger partial charge is 0.508 e. The fraction of sp³-hybridized carbons (Fsp3) is 0.108.